The summed E-state index contributed by atoms with van der Waals surface area (Å²) in [6.07, 6.45) is 0.530. The fraction of sp³-hybridized carbons (Fsp3) is 0.278. The zero-order valence-electron chi connectivity index (χ0n) is 13.6. The number of hydrogen-bond acceptors (Lipinski definition) is 4. The molecule has 0 bridgehead atoms. The molecule has 2 rings (SSSR count). The molecule has 0 saturated heterocycles. The molecular formula is C18H19NO4. The van der Waals surface area contributed by atoms with Gasteiger partial charge in [0.15, 0.2) is 11.9 Å². The van der Waals surface area contributed by atoms with E-state index in [9.17, 15) is 14.4 Å². The Labute approximate surface area is 134 Å². The van der Waals surface area contributed by atoms with Crippen LogP contribution in [-0.4, -0.2) is 28.6 Å². The van der Waals surface area contributed by atoms with E-state index in [4.69, 9.17) is 4.74 Å². The van der Waals surface area contributed by atoms with Crippen molar-refractivity contribution < 1.29 is 19.1 Å². The summed E-state index contributed by atoms with van der Waals surface area (Å²) in [7, 11) is 0. The number of aromatic nitrogens is 1. The van der Waals surface area contributed by atoms with Gasteiger partial charge in [0.25, 0.3) is 0 Å². The Morgan fingerprint density at radius 2 is 1.83 bits per heavy atom. The Kier molecular flexibility index (Phi) is 4.79. The summed E-state index contributed by atoms with van der Waals surface area (Å²) in [6.45, 7) is 6.68. The molecule has 2 aromatic rings. The van der Waals surface area contributed by atoms with E-state index in [1.54, 1.807) is 6.07 Å². The van der Waals surface area contributed by atoms with Gasteiger partial charge in [-0.3, -0.25) is 9.59 Å². The molecule has 23 heavy (non-hydrogen) atoms. The average Bonchev–Trinajstić information content (AvgIpc) is 2.99. The van der Waals surface area contributed by atoms with E-state index in [0.29, 0.717) is 11.1 Å². The van der Waals surface area contributed by atoms with Gasteiger partial charge in [0, 0.05) is 17.3 Å². The van der Waals surface area contributed by atoms with Gasteiger partial charge in [0.2, 0.25) is 5.78 Å². The number of aromatic amines is 1. The van der Waals surface area contributed by atoms with Gasteiger partial charge in [-0.05, 0) is 45.4 Å². The van der Waals surface area contributed by atoms with E-state index in [-0.39, 0.29) is 17.3 Å². The van der Waals surface area contributed by atoms with Crippen LogP contribution in [0.5, 0.6) is 0 Å². The first-order valence-electron chi connectivity index (χ1n) is 7.31. The van der Waals surface area contributed by atoms with Crippen molar-refractivity contribution in [3.63, 3.8) is 0 Å². The van der Waals surface area contributed by atoms with Crippen LogP contribution in [-0.2, 0) is 4.74 Å². The quantitative estimate of drug-likeness (QED) is 0.679. The molecule has 0 aliphatic heterocycles. The van der Waals surface area contributed by atoms with Crippen LogP contribution in [0.1, 0.15) is 56.2 Å². The van der Waals surface area contributed by atoms with Crippen molar-refractivity contribution in [2.24, 2.45) is 0 Å². The summed E-state index contributed by atoms with van der Waals surface area (Å²) < 4.78 is 5.21. The normalized spacial score (nSPS) is 11.8. The maximum Gasteiger partial charge on any atom is 0.355 e. The van der Waals surface area contributed by atoms with Crippen molar-refractivity contribution in [3.8, 4) is 0 Å². The van der Waals surface area contributed by atoms with Gasteiger partial charge in [-0.2, -0.15) is 0 Å². The summed E-state index contributed by atoms with van der Waals surface area (Å²) in [6, 6.07) is 6.98. The number of rotatable bonds is 5. The third-order valence-electron chi connectivity index (χ3n) is 3.62. The molecule has 0 unspecified atom stereocenters. The van der Waals surface area contributed by atoms with Gasteiger partial charge >= 0.3 is 5.97 Å². The zero-order valence-corrected chi connectivity index (χ0v) is 13.6. The highest BCUT2D eigenvalue weighted by Crippen LogP contribution is 2.15. The number of esters is 1. The molecule has 1 aromatic heterocycles. The molecular weight excluding hydrogens is 294 g/mol. The second-order valence-corrected chi connectivity index (χ2v) is 5.59. The monoisotopic (exact) mass is 313 g/mol. The standard InChI is InChI=1S/C18H19NO4/c1-10-5-6-11(2)15(7-10)17(21)13(4)23-18(22)16-8-14(9-19-16)12(3)20/h5-9,13,19H,1-4H3/t13-/m1/s1. The molecule has 120 valence electrons. The third kappa shape index (κ3) is 3.74. The van der Waals surface area contributed by atoms with Gasteiger partial charge in [-0.15, -0.1) is 0 Å². The molecule has 0 saturated carbocycles. The lowest BCUT2D eigenvalue weighted by Gasteiger charge is -2.13. The number of H-pyrrole nitrogens is 1. The van der Waals surface area contributed by atoms with Crippen molar-refractivity contribution in [2.45, 2.75) is 33.8 Å². The maximum atomic E-state index is 12.5. The van der Waals surface area contributed by atoms with E-state index in [1.807, 2.05) is 26.0 Å². The first kappa shape index (κ1) is 16.7. The zero-order chi connectivity index (χ0) is 17.1. The van der Waals surface area contributed by atoms with Crippen molar-refractivity contribution >= 4 is 17.5 Å². The summed E-state index contributed by atoms with van der Waals surface area (Å²) in [5, 5.41) is 0. The molecule has 5 nitrogen and oxygen atoms in total. The fourth-order valence-electron chi connectivity index (χ4n) is 2.21. The van der Waals surface area contributed by atoms with Crippen molar-refractivity contribution in [3.05, 3.63) is 58.4 Å². The van der Waals surface area contributed by atoms with Crippen LogP contribution in [0, 0.1) is 13.8 Å². The Balaban J connectivity index is 2.12. The number of nitrogens with one attached hydrogen (secondary N) is 1. The van der Waals surface area contributed by atoms with Crippen LogP contribution >= 0.6 is 0 Å². The minimum absolute atomic E-state index is 0.149. The van der Waals surface area contributed by atoms with E-state index in [0.717, 1.165) is 11.1 Å². The topological polar surface area (TPSA) is 76.2 Å². The van der Waals surface area contributed by atoms with Gasteiger partial charge in [-0.25, -0.2) is 4.79 Å². The SMILES string of the molecule is CC(=O)c1c[nH]c(C(=O)O[C@H](C)C(=O)c2cc(C)ccc2C)c1. The largest absolute Gasteiger partial charge is 0.450 e. The molecule has 1 heterocycles. The Morgan fingerprint density at radius 3 is 2.43 bits per heavy atom. The summed E-state index contributed by atoms with van der Waals surface area (Å²) in [5.41, 5.74) is 2.89. The molecule has 0 amide bonds. The predicted molar refractivity (Wildman–Crippen MR) is 85.9 cm³/mol. The molecule has 1 aromatic carbocycles. The molecule has 0 fully saturated rings. The molecule has 1 atom stereocenters. The Morgan fingerprint density at radius 1 is 1.13 bits per heavy atom. The van der Waals surface area contributed by atoms with E-state index >= 15 is 0 Å². The van der Waals surface area contributed by atoms with E-state index in [1.165, 1.54) is 26.1 Å². The number of carbonyl (C=O) groups excluding carboxylic acids is 3. The van der Waals surface area contributed by atoms with Crippen molar-refractivity contribution in [1.82, 2.24) is 4.98 Å². The first-order valence-corrected chi connectivity index (χ1v) is 7.31. The molecule has 1 N–H and O–H groups in total. The van der Waals surface area contributed by atoms with E-state index in [2.05, 4.69) is 4.98 Å². The molecule has 0 aliphatic carbocycles. The summed E-state index contributed by atoms with van der Waals surface area (Å²) in [5.74, 6) is -1.07. The van der Waals surface area contributed by atoms with Crippen LogP contribution in [0.4, 0.5) is 0 Å². The van der Waals surface area contributed by atoms with Crippen LogP contribution in [0.2, 0.25) is 0 Å². The van der Waals surface area contributed by atoms with Crippen LogP contribution in [0.15, 0.2) is 30.5 Å². The second-order valence-electron chi connectivity index (χ2n) is 5.59. The van der Waals surface area contributed by atoms with Crippen molar-refractivity contribution in [1.29, 1.82) is 0 Å². The highest BCUT2D eigenvalue weighted by molar-refractivity contribution is 6.03. The van der Waals surface area contributed by atoms with Gasteiger partial charge in [0.05, 0.1) is 0 Å². The van der Waals surface area contributed by atoms with E-state index < -0.39 is 12.1 Å². The molecule has 5 heteroatoms. The summed E-state index contributed by atoms with van der Waals surface area (Å²) in [4.78, 5) is 38.4. The number of carbonyl (C=O) groups is 3. The smallest absolute Gasteiger partial charge is 0.355 e. The molecule has 0 aliphatic rings. The number of ketones is 2. The third-order valence-corrected chi connectivity index (χ3v) is 3.62. The predicted octanol–water partition coefficient (Wildman–Crippen LogP) is 3.26. The number of ether oxygens (including phenoxy) is 1. The Bertz CT molecular complexity index is 773. The number of aryl methyl sites for hydroxylation is 2. The van der Waals surface area contributed by atoms with Crippen LogP contribution < -0.4 is 0 Å². The maximum absolute atomic E-state index is 12.5. The molecule has 0 spiro atoms. The minimum atomic E-state index is -0.910. The lowest BCUT2D eigenvalue weighted by molar-refractivity contribution is 0.0313. The fourth-order valence-corrected chi connectivity index (χ4v) is 2.21. The first-order chi connectivity index (χ1) is 10.8. The van der Waals surface area contributed by atoms with Gasteiger partial charge in [0.1, 0.15) is 5.69 Å². The average molecular weight is 313 g/mol. The number of benzene rings is 1. The summed E-state index contributed by atoms with van der Waals surface area (Å²) >= 11 is 0. The van der Waals surface area contributed by atoms with Crippen LogP contribution in [0.25, 0.3) is 0 Å². The van der Waals surface area contributed by atoms with Gasteiger partial charge in [-0.1, -0.05) is 17.7 Å². The number of Topliss-reactive ketones (excluding diaryl/α,β-unsaturated/α-hetero) is 2. The second kappa shape index (κ2) is 6.60. The van der Waals surface area contributed by atoms with Crippen molar-refractivity contribution in [2.75, 3.05) is 0 Å². The van der Waals surface area contributed by atoms with Gasteiger partial charge < -0.3 is 9.72 Å². The minimum Gasteiger partial charge on any atom is -0.450 e. The highest BCUT2D eigenvalue weighted by Gasteiger charge is 2.22. The Hall–Kier alpha value is -2.69. The molecule has 0 radical (unpaired) electrons. The lowest BCUT2D eigenvalue weighted by atomic mass is 9.99. The van der Waals surface area contributed by atoms with Crippen LogP contribution in [0.3, 0.4) is 0 Å². The number of hydrogen-bond donors (Lipinski definition) is 1. The highest BCUT2D eigenvalue weighted by atomic mass is 16.5. The lowest BCUT2D eigenvalue weighted by Crippen LogP contribution is -2.25.